The molecule has 5 nitrogen and oxygen atoms in total. The highest BCUT2D eigenvalue weighted by molar-refractivity contribution is 5.92. The summed E-state index contributed by atoms with van der Waals surface area (Å²) in [4.78, 5) is 16.9. The predicted molar refractivity (Wildman–Crippen MR) is 70.9 cm³/mol. The SMILES string of the molecule is O=C(NCC(N1CCNCC1)C(F)(F)F)c1ccccn1. The zero-order valence-corrected chi connectivity index (χ0v) is 11.4. The number of amides is 1. The molecule has 0 radical (unpaired) electrons. The summed E-state index contributed by atoms with van der Waals surface area (Å²) in [6, 6.07) is 3.03. The van der Waals surface area contributed by atoms with Gasteiger partial charge < -0.3 is 10.6 Å². The van der Waals surface area contributed by atoms with Crippen molar-refractivity contribution in [2.45, 2.75) is 12.2 Å². The molecule has 2 rings (SSSR count). The summed E-state index contributed by atoms with van der Waals surface area (Å²) < 4.78 is 39.4. The summed E-state index contributed by atoms with van der Waals surface area (Å²) >= 11 is 0. The second-order valence-electron chi connectivity index (χ2n) is 4.77. The van der Waals surface area contributed by atoms with Crippen LogP contribution >= 0.6 is 0 Å². The second kappa shape index (κ2) is 6.86. The van der Waals surface area contributed by atoms with Crippen LogP contribution in [0.2, 0.25) is 0 Å². The van der Waals surface area contributed by atoms with E-state index in [1.165, 1.54) is 17.2 Å². The largest absolute Gasteiger partial charge is 0.405 e. The first-order valence-corrected chi connectivity index (χ1v) is 6.69. The number of piperazine rings is 1. The average molecular weight is 302 g/mol. The Morgan fingerprint density at radius 1 is 1.38 bits per heavy atom. The van der Waals surface area contributed by atoms with Crippen LogP contribution in [0.25, 0.3) is 0 Å². The van der Waals surface area contributed by atoms with Gasteiger partial charge in [-0.25, -0.2) is 0 Å². The van der Waals surface area contributed by atoms with E-state index in [2.05, 4.69) is 15.6 Å². The Morgan fingerprint density at radius 3 is 2.67 bits per heavy atom. The van der Waals surface area contributed by atoms with Crippen LogP contribution in [0.15, 0.2) is 24.4 Å². The van der Waals surface area contributed by atoms with Gasteiger partial charge in [-0.3, -0.25) is 14.7 Å². The Labute approximate surface area is 120 Å². The highest BCUT2D eigenvalue weighted by Gasteiger charge is 2.43. The molecule has 21 heavy (non-hydrogen) atoms. The lowest BCUT2D eigenvalue weighted by molar-refractivity contribution is -0.183. The minimum absolute atomic E-state index is 0.110. The maximum Gasteiger partial charge on any atom is 0.405 e. The molecule has 1 aliphatic rings. The third-order valence-corrected chi connectivity index (χ3v) is 3.32. The first-order valence-electron chi connectivity index (χ1n) is 6.69. The fourth-order valence-electron chi connectivity index (χ4n) is 2.22. The zero-order valence-electron chi connectivity index (χ0n) is 11.4. The Hall–Kier alpha value is -1.67. The van der Waals surface area contributed by atoms with Gasteiger partial charge in [0.15, 0.2) is 0 Å². The lowest BCUT2D eigenvalue weighted by atomic mass is 10.2. The topological polar surface area (TPSA) is 57.3 Å². The normalized spacial score (nSPS) is 18.2. The summed E-state index contributed by atoms with van der Waals surface area (Å²) in [7, 11) is 0. The molecular weight excluding hydrogens is 285 g/mol. The molecule has 1 amide bonds. The van der Waals surface area contributed by atoms with Crippen molar-refractivity contribution in [2.24, 2.45) is 0 Å². The van der Waals surface area contributed by atoms with Gasteiger partial charge in [-0.15, -0.1) is 0 Å². The number of hydrogen-bond acceptors (Lipinski definition) is 4. The van der Waals surface area contributed by atoms with Crippen LogP contribution in [0, 0.1) is 0 Å². The number of hydrogen-bond donors (Lipinski definition) is 2. The Kier molecular flexibility index (Phi) is 5.13. The van der Waals surface area contributed by atoms with Gasteiger partial charge in [0.05, 0.1) is 0 Å². The summed E-state index contributed by atoms with van der Waals surface area (Å²) in [6.07, 6.45) is -2.96. The number of carbonyl (C=O) groups excluding carboxylic acids is 1. The van der Waals surface area contributed by atoms with E-state index in [9.17, 15) is 18.0 Å². The number of nitrogens with one attached hydrogen (secondary N) is 2. The van der Waals surface area contributed by atoms with Crippen LogP contribution in [0.5, 0.6) is 0 Å². The van der Waals surface area contributed by atoms with Crippen molar-refractivity contribution in [3.05, 3.63) is 30.1 Å². The lowest BCUT2D eigenvalue weighted by Gasteiger charge is -2.35. The molecule has 1 atom stereocenters. The first-order chi connectivity index (χ1) is 9.98. The summed E-state index contributed by atoms with van der Waals surface area (Å²) in [5.41, 5.74) is 0.110. The van der Waals surface area contributed by atoms with Crippen LogP contribution in [-0.2, 0) is 0 Å². The molecule has 0 aromatic carbocycles. The van der Waals surface area contributed by atoms with Crippen LogP contribution in [-0.4, -0.2) is 60.7 Å². The molecule has 8 heteroatoms. The molecule has 116 valence electrons. The Bertz CT molecular complexity index is 460. The summed E-state index contributed by atoms with van der Waals surface area (Å²) in [6.45, 7) is 1.17. The van der Waals surface area contributed by atoms with Gasteiger partial charge in [-0.1, -0.05) is 6.07 Å². The van der Waals surface area contributed by atoms with E-state index < -0.39 is 24.7 Å². The lowest BCUT2D eigenvalue weighted by Crippen LogP contribution is -2.57. The third-order valence-electron chi connectivity index (χ3n) is 3.32. The minimum Gasteiger partial charge on any atom is -0.349 e. The van der Waals surface area contributed by atoms with Gasteiger partial charge >= 0.3 is 6.18 Å². The van der Waals surface area contributed by atoms with Gasteiger partial charge in [0, 0.05) is 38.9 Å². The number of halogens is 3. The standard InChI is InChI=1S/C13H17F3N4O/c14-13(15,16)11(20-7-5-17-6-8-20)9-19-12(21)10-3-1-2-4-18-10/h1-4,11,17H,5-9H2,(H,19,21). The van der Waals surface area contributed by atoms with Crippen molar-refractivity contribution in [3.8, 4) is 0 Å². The van der Waals surface area contributed by atoms with E-state index in [-0.39, 0.29) is 5.69 Å². The molecule has 0 aliphatic carbocycles. The van der Waals surface area contributed by atoms with Crippen molar-refractivity contribution in [2.75, 3.05) is 32.7 Å². The third kappa shape index (κ3) is 4.40. The molecule has 0 spiro atoms. The van der Waals surface area contributed by atoms with E-state index in [1.54, 1.807) is 12.1 Å². The fraction of sp³-hybridized carbons (Fsp3) is 0.538. The smallest absolute Gasteiger partial charge is 0.349 e. The van der Waals surface area contributed by atoms with Gasteiger partial charge in [0.25, 0.3) is 5.91 Å². The number of carbonyl (C=O) groups is 1. The molecular formula is C13H17F3N4O. The molecule has 1 aliphatic heterocycles. The Morgan fingerprint density at radius 2 is 2.10 bits per heavy atom. The van der Waals surface area contributed by atoms with Crippen molar-refractivity contribution < 1.29 is 18.0 Å². The van der Waals surface area contributed by atoms with Crippen molar-refractivity contribution in [1.82, 2.24) is 20.5 Å². The van der Waals surface area contributed by atoms with Crippen molar-refractivity contribution in [3.63, 3.8) is 0 Å². The van der Waals surface area contributed by atoms with E-state index in [1.807, 2.05) is 0 Å². The Balaban J connectivity index is 1.97. The summed E-state index contributed by atoms with van der Waals surface area (Å²) in [5, 5.41) is 5.32. The van der Waals surface area contributed by atoms with Crippen LogP contribution in [0.3, 0.4) is 0 Å². The monoisotopic (exact) mass is 302 g/mol. The molecule has 1 fully saturated rings. The molecule has 1 aromatic rings. The molecule has 1 saturated heterocycles. The van der Waals surface area contributed by atoms with Crippen LogP contribution < -0.4 is 10.6 Å². The number of aromatic nitrogens is 1. The minimum atomic E-state index is -4.38. The molecule has 2 N–H and O–H groups in total. The average Bonchev–Trinajstić information content (AvgIpc) is 2.48. The highest BCUT2D eigenvalue weighted by Crippen LogP contribution is 2.24. The highest BCUT2D eigenvalue weighted by atomic mass is 19.4. The molecule has 2 heterocycles. The van der Waals surface area contributed by atoms with Gasteiger partial charge in [0.1, 0.15) is 11.7 Å². The second-order valence-corrected chi connectivity index (χ2v) is 4.77. The molecule has 1 unspecified atom stereocenters. The molecule has 0 bridgehead atoms. The number of pyridine rings is 1. The predicted octanol–water partition coefficient (Wildman–Crippen LogP) is 0.647. The maximum absolute atomic E-state index is 13.1. The van der Waals surface area contributed by atoms with E-state index in [4.69, 9.17) is 0 Å². The van der Waals surface area contributed by atoms with E-state index >= 15 is 0 Å². The van der Waals surface area contributed by atoms with E-state index in [0.717, 1.165) is 0 Å². The zero-order chi connectivity index (χ0) is 15.3. The van der Waals surface area contributed by atoms with Crippen molar-refractivity contribution in [1.29, 1.82) is 0 Å². The quantitative estimate of drug-likeness (QED) is 0.857. The van der Waals surface area contributed by atoms with Gasteiger partial charge in [-0.2, -0.15) is 13.2 Å². The van der Waals surface area contributed by atoms with Crippen LogP contribution in [0.1, 0.15) is 10.5 Å². The fourth-order valence-corrected chi connectivity index (χ4v) is 2.22. The van der Waals surface area contributed by atoms with Gasteiger partial charge in [-0.05, 0) is 12.1 Å². The number of alkyl halides is 3. The van der Waals surface area contributed by atoms with Crippen molar-refractivity contribution >= 4 is 5.91 Å². The van der Waals surface area contributed by atoms with Crippen LogP contribution in [0.4, 0.5) is 13.2 Å². The number of rotatable bonds is 4. The number of nitrogens with zero attached hydrogens (tertiary/aromatic N) is 2. The first kappa shape index (κ1) is 15.7. The summed E-state index contributed by atoms with van der Waals surface area (Å²) in [5.74, 6) is -0.597. The van der Waals surface area contributed by atoms with Gasteiger partial charge in [0.2, 0.25) is 0 Å². The molecule has 0 saturated carbocycles. The maximum atomic E-state index is 13.1. The molecule has 1 aromatic heterocycles. The van der Waals surface area contributed by atoms with E-state index in [0.29, 0.717) is 26.2 Å².